The van der Waals surface area contributed by atoms with Crippen molar-refractivity contribution in [1.29, 1.82) is 0 Å². The lowest BCUT2D eigenvalue weighted by atomic mass is 9.71. The van der Waals surface area contributed by atoms with E-state index in [0.717, 1.165) is 15.6 Å². The third-order valence-electron chi connectivity index (χ3n) is 6.32. The number of ether oxygens (including phenoxy) is 2. The molecule has 1 fully saturated rings. The molecule has 1 atom stereocenters. The second-order valence-corrected chi connectivity index (χ2v) is 9.57. The number of hydrogen-bond donors (Lipinski definition) is 0. The number of benzene rings is 3. The minimum atomic E-state index is -1.66. The summed E-state index contributed by atoms with van der Waals surface area (Å²) in [5, 5.41) is 0. The Morgan fingerprint density at radius 1 is 0.857 bits per heavy atom. The van der Waals surface area contributed by atoms with E-state index in [2.05, 4.69) is 15.9 Å². The van der Waals surface area contributed by atoms with Crippen LogP contribution in [-0.4, -0.2) is 24.4 Å². The minimum Gasteiger partial charge on any atom is -0.460 e. The van der Waals surface area contributed by atoms with Gasteiger partial charge in [0.2, 0.25) is 5.91 Å². The van der Waals surface area contributed by atoms with Crippen LogP contribution in [0.1, 0.15) is 24.5 Å². The predicted molar refractivity (Wildman–Crippen MR) is 135 cm³/mol. The molecule has 0 spiro atoms. The van der Waals surface area contributed by atoms with Crippen molar-refractivity contribution >= 4 is 39.5 Å². The fraction of sp³-hybridized carbons (Fsp3) is 0.250. The molecule has 1 amide bonds. The van der Waals surface area contributed by atoms with E-state index < -0.39 is 23.3 Å². The second-order valence-electron chi connectivity index (χ2n) is 8.66. The average Bonchev–Trinajstić information content (AvgIpc) is 2.88. The topological polar surface area (TPSA) is 72.9 Å². The van der Waals surface area contributed by atoms with Gasteiger partial charge in [-0.25, -0.2) is 0 Å². The lowest BCUT2D eigenvalue weighted by Gasteiger charge is -2.42. The van der Waals surface area contributed by atoms with Gasteiger partial charge in [-0.15, -0.1) is 0 Å². The van der Waals surface area contributed by atoms with Gasteiger partial charge in [-0.2, -0.15) is 0 Å². The number of carbonyl (C=O) groups excluding carboxylic acids is 3. The van der Waals surface area contributed by atoms with Crippen molar-refractivity contribution in [3.63, 3.8) is 0 Å². The SMILES string of the molecule is C[C@H]1CC(=O)N(c2ccc(Br)cc2)CC1(C(=O)OCc1ccccc1)C(=O)OCc1ccccc1. The number of amides is 1. The molecule has 1 aliphatic heterocycles. The Hall–Kier alpha value is -3.45. The zero-order chi connectivity index (χ0) is 24.8. The third-order valence-corrected chi connectivity index (χ3v) is 6.85. The van der Waals surface area contributed by atoms with E-state index >= 15 is 0 Å². The summed E-state index contributed by atoms with van der Waals surface area (Å²) in [7, 11) is 0. The van der Waals surface area contributed by atoms with Crippen LogP contribution in [0.25, 0.3) is 0 Å². The van der Waals surface area contributed by atoms with Crippen molar-refractivity contribution < 1.29 is 23.9 Å². The van der Waals surface area contributed by atoms with Gasteiger partial charge >= 0.3 is 11.9 Å². The minimum absolute atomic E-state index is 0.0109. The number of nitrogens with zero attached hydrogens (tertiary/aromatic N) is 1. The molecule has 0 aromatic heterocycles. The van der Waals surface area contributed by atoms with Crippen molar-refractivity contribution in [1.82, 2.24) is 0 Å². The van der Waals surface area contributed by atoms with E-state index in [1.165, 1.54) is 4.90 Å². The average molecular weight is 536 g/mol. The molecule has 1 heterocycles. The van der Waals surface area contributed by atoms with Crippen molar-refractivity contribution in [3.8, 4) is 0 Å². The highest BCUT2D eigenvalue weighted by atomic mass is 79.9. The zero-order valence-corrected chi connectivity index (χ0v) is 20.9. The number of anilines is 1. The van der Waals surface area contributed by atoms with E-state index in [4.69, 9.17) is 9.47 Å². The van der Waals surface area contributed by atoms with Gasteiger partial charge in [0, 0.05) is 16.6 Å². The van der Waals surface area contributed by atoms with Gasteiger partial charge in [0.05, 0.1) is 6.54 Å². The van der Waals surface area contributed by atoms with Gasteiger partial charge in [0.1, 0.15) is 13.2 Å². The van der Waals surface area contributed by atoms with Crippen LogP contribution in [0, 0.1) is 11.3 Å². The standard InChI is InChI=1S/C28H26BrNO5/c1-20-16-25(31)30(24-14-12-23(29)13-15-24)19-28(20,26(32)34-17-21-8-4-2-5-9-21)27(33)35-18-22-10-6-3-7-11-22/h2-15,20H,16-19H2,1H3/t20-/m0/s1. The molecule has 0 unspecified atom stereocenters. The van der Waals surface area contributed by atoms with Gasteiger partial charge < -0.3 is 14.4 Å². The molecule has 3 aromatic rings. The first kappa shape index (κ1) is 24.7. The molecule has 0 N–H and O–H groups in total. The first-order valence-electron chi connectivity index (χ1n) is 11.4. The molecular weight excluding hydrogens is 510 g/mol. The van der Waals surface area contributed by atoms with Gasteiger partial charge in [-0.1, -0.05) is 83.5 Å². The van der Waals surface area contributed by atoms with E-state index in [9.17, 15) is 14.4 Å². The molecule has 180 valence electrons. The summed E-state index contributed by atoms with van der Waals surface area (Å²) in [6.45, 7) is 1.61. The largest absolute Gasteiger partial charge is 0.460 e. The maximum atomic E-state index is 13.6. The fourth-order valence-corrected chi connectivity index (χ4v) is 4.48. The van der Waals surface area contributed by atoms with Gasteiger partial charge in [-0.05, 0) is 41.3 Å². The Bertz CT molecular complexity index is 1130. The van der Waals surface area contributed by atoms with E-state index in [0.29, 0.717) is 5.69 Å². The quantitative estimate of drug-likeness (QED) is 0.303. The van der Waals surface area contributed by atoms with Crippen LogP contribution >= 0.6 is 15.9 Å². The molecule has 6 nitrogen and oxygen atoms in total. The van der Waals surface area contributed by atoms with Crippen molar-refractivity contribution in [2.45, 2.75) is 26.6 Å². The first-order chi connectivity index (χ1) is 16.9. The van der Waals surface area contributed by atoms with Crippen molar-refractivity contribution in [2.24, 2.45) is 11.3 Å². The highest BCUT2D eigenvalue weighted by molar-refractivity contribution is 9.10. The Labute approximate surface area is 213 Å². The summed E-state index contributed by atoms with van der Waals surface area (Å²) in [5.74, 6) is -2.15. The van der Waals surface area contributed by atoms with Gasteiger partial charge in [-0.3, -0.25) is 14.4 Å². The molecule has 0 radical (unpaired) electrons. The maximum Gasteiger partial charge on any atom is 0.325 e. The first-order valence-corrected chi connectivity index (χ1v) is 12.2. The second kappa shape index (κ2) is 10.9. The smallest absolute Gasteiger partial charge is 0.325 e. The Morgan fingerprint density at radius 2 is 1.34 bits per heavy atom. The van der Waals surface area contributed by atoms with Crippen molar-refractivity contribution in [3.05, 3.63) is 101 Å². The number of carbonyl (C=O) groups is 3. The molecule has 0 aliphatic carbocycles. The zero-order valence-electron chi connectivity index (χ0n) is 19.4. The van der Waals surface area contributed by atoms with Crippen LogP contribution in [0.4, 0.5) is 5.69 Å². The summed E-state index contributed by atoms with van der Waals surface area (Å²) in [5.41, 5.74) is 0.543. The summed E-state index contributed by atoms with van der Waals surface area (Å²) in [4.78, 5) is 41.7. The lowest BCUT2D eigenvalue weighted by Crippen LogP contribution is -2.59. The molecule has 35 heavy (non-hydrogen) atoms. The monoisotopic (exact) mass is 535 g/mol. The Kier molecular flexibility index (Phi) is 7.66. The number of esters is 2. The molecule has 0 saturated carbocycles. The Morgan fingerprint density at radius 3 is 1.83 bits per heavy atom. The molecule has 0 bridgehead atoms. The molecule has 1 aliphatic rings. The van der Waals surface area contributed by atoms with E-state index in [1.54, 1.807) is 19.1 Å². The summed E-state index contributed by atoms with van der Waals surface area (Å²) in [6, 6.07) is 25.7. The Balaban J connectivity index is 1.64. The number of rotatable bonds is 7. The lowest BCUT2D eigenvalue weighted by molar-refractivity contribution is -0.179. The summed E-state index contributed by atoms with van der Waals surface area (Å²) >= 11 is 3.40. The van der Waals surface area contributed by atoms with Crippen molar-refractivity contribution in [2.75, 3.05) is 11.4 Å². The molecule has 1 saturated heterocycles. The maximum absolute atomic E-state index is 13.6. The van der Waals surface area contributed by atoms with Gasteiger partial charge in [0.15, 0.2) is 5.41 Å². The van der Waals surface area contributed by atoms with E-state index in [-0.39, 0.29) is 32.1 Å². The summed E-state index contributed by atoms with van der Waals surface area (Å²) < 4.78 is 12.2. The van der Waals surface area contributed by atoms with Gasteiger partial charge in [0.25, 0.3) is 0 Å². The van der Waals surface area contributed by atoms with Crippen LogP contribution in [0.3, 0.4) is 0 Å². The van der Waals surface area contributed by atoms with Crippen LogP contribution < -0.4 is 4.90 Å². The van der Waals surface area contributed by atoms with E-state index in [1.807, 2.05) is 72.8 Å². The molecule has 4 rings (SSSR count). The third kappa shape index (κ3) is 5.46. The highest BCUT2D eigenvalue weighted by Gasteiger charge is 2.58. The molecule has 7 heteroatoms. The van der Waals surface area contributed by atoms with Crippen LogP contribution in [0.2, 0.25) is 0 Å². The fourth-order valence-electron chi connectivity index (χ4n) is 4.21. The number of halogens is 1. The summed E-state index contributed by atoms with van der Waals surface area (Å²) in [6.07, 6.45) is 0.0109. The highest BCUT2D eigenvalue weighted by Crippen LogP contribution is 2.41. The van der Waals surface area contributed by atoms with Crippen LogP contribution in [0.15, 0.2) is 89.4 Å². The molecule has 3 aromatic carbocycles. The predicted octanol–water partition coefficient (Wildman–Crippen LogP) is 5.30. The molecular formula is C28H26BrNO5. The number of hydrogen-bond acceptors (Lipinski definition) is 5. The van der Waals surface area contributed by atoms with Crippen LogP contribution in [-0.2, 0) is 37.1 Å². The normalized spacial score (nSPS) is 17.0. The number of piperidine rings is 1. The van der Waals surface area contributed by atoms with Crippen LogP contribution in [0.5, 0.6) is 0 Å².